The second-order valence-corrected chi connectivity index (χ2v) is 8.80. The summed E-state index contributed by atoms with van der Waals surface area (Å²) in [5, 5.41) is 28.9. The van der Waals surface area contributed by atoms with Gasteiger partial charge in [0.25, 0.3) is 0 Å². The Balaban J connectivity index is 0.00000121. The van der Waals surface area contributed by atoms with Crippen molar-refractivity contribution in [2.24, 2.45) is 10.2 Å². The molecule has 0 aliphatic rings. The molecule has 0 saturated heterocycles. The Morgan fingerprint density at radius 3 is 1.13 bits per heavy atom. The summed E-state index contributed by atoms with van der Waals surface area (Å²) in [6, 6.07) is 27.8. The van der Waals surface area contributed by atoms with E-state index in [1.807, 2.05) is 90.1 Å². The standard InChI is InChI=1S/C30H30N2O2.2C2H6/c1-21-3-11-25(29(33)19-21)13-5-23-7-15-27(16-8-23)31-32-28-17-9-24(10-18-28)6-14-26-12-4-22(2)20-30(26)34;2*1-2/h3-4,7-12,15-20,33-34H,5-6,13-14H2,1-2H3;2*1-2H3. The first-order valence-corrected chi connectivity index (χ1v) is 13.6. The van der Waals surface area contributed by atoms with Gasteiger partial charge in [-0.05, 0) is 109 Å². The van der Waals surface area contributed by atoms with Gasteiger partial charge in [0.05, 0.1) is 11.4 Å². The Labute approximate surface area is 228 Å². The van der Waals surface area contributed by atoms with Crippen molar-refractivity contribution in [3.63, 3.8) is 0 Å². The number of benzene rings is 4. The Kier molecular flexibility index (Phi) is 12.8. The molecule has 0 aliphatic heterocycles. The fraction of sp³-hybridized carbons (Fsp3) is 0.294. The van der Waals surface area contributed by atoms with Gasteiger partial charge < -0.3 is 10.2 Å². The number of hydrogen-bond acceptors (Lipinski definition) is 4. The molecular formula is C34H42N2O2. The van der Waals surface area contributed by atoms with Gasteiger partial charge in [-0.1, -0.05) is 76.2 Å². The summed E-state index contributed by atoms with van der Waals surface area (Å²) < 4.78 is 0. The van der Waals surface area contributed by atoms with Crippen LogP contribution in [0.15, 0.2) is 95.2 Å². The van der Waals surface area contributed by atoms with E-state index in [9.17, 15) is 10.2 Å². The molecule has 4 aromatic carbocycles. The summed E-state index contributed by atoms with van der Waals surface area (Å²) in [7, 11) is 0. The second-order valence-electron chi connectivity index (χ2n) is 8.80. The number of nitrogens with zero attached hydrogens (tertiary/aromatic N) is 2. The molecule has 200 valence electrons. The zero-order valence-corrected chi connectivity index (χ0v) is 23.7. The van der Waals surface area contributed by atoms with Crippen LogP contribution in [-0.2, 0) is 25.7 Å². The lowest BCUT2D eigenvalue weighted by atomic mass is 10.0. The number of phenols is 2. The third-order valence-electron chi connectivity index (χ3n) is 6.00. The van der Waals surface area contributed by atoms with Crippen molar-refractivity contribution < 1.29 is 10.2 Å². The molecular weight excluding hydrogens is 468 g/mol. The molecule has 0 saturated carbocycles. The van der Waals surface area contributed by atoms with Gasteiger partial charge in [0.15, 0.2) is 0 Å². The van der Waals surface area contributed by atoms with Crippen LogP contribution >= 0.6 is 0 Å². The van der Waals surface area contributed by atoms with E-state index in [0.29, 0.717) is 11.5 Å². The van der Waals surface area contributed by atoms with Crippen LogP contribution in [0.5, 0.6) is 11.5 Å². The lowest BCUT2D eigenvalue weighted by Gasteiger charge is -2.06. The lowest BCUT2D eigenvalue weighted by molar-refractivity contribution is 0.467. The van der Waals surface area contributed by atoms with Crippen LogP contribution in [0.4, 0.5) is 11.4 Å². The first kappa shape index (κ1) is 30.3. The van der Waals surface area contributed by atoms with Crippen molar-refractivity contribution in [3.8, 4) is 11.5 Å². The molecule has 0 amide bonds. The molecule has 0 radical (unpaired) electrons. The molecule has 0 bridgehead atoms. The van der Waals surface area contributed by atoms with Crippen LogP contribution in [0, 0.1) is 13.8 Å². The minimum atomic E-state index is 0.365. The molecule has 0 aromatic heterocycles. The van der Waals surface area contributed by atoms with E-state index in [1.165, 1.54) is 11.1 Å². The topological polar surface area (TPSA) is 65.2 Å². The normalized spacial score (nSPS) is 10.4. The summed E-state index contributed by atoms with van der Waals surface area (Å²) in [4.78, 5) is 0. The number of hydrogen-bond donors (Lipinski definition) is 2. The molecule has 0 fully saturated rings. The number of rotatable bonds is 8. The predicted molar refractivity (Wildman–Crippen MR) is 160 cm³/mol. The number of azo groups is 1. The van der Waals surface area contributed by atoms with Gasteiger partial charge in [-0.2, -0.15) is 10.2 Å². The van der Waals surface area contributed by atoms with Crippen LogP contribution in [-0.4, -0.2) is 10.2 Å². The molecule has 0 spiro atoms. The summed E-state index contributed by atoms with van der Waals surface area (Å²) in [6.07, 6.45) is 3.30. The predicted octanol–water partition coefficient (Wildman–Crippen LogP) is 9.75. The molecule has 0 heterocycles. The van der Waals surface area contributed by atoms with Gasteiger partial charge in [0.1, 0.15) is 11.5 Å². The summed E-state index contributed by atoms with van der Waals surface area (Å²) >= 11 is 0. The van der Waals surface area contributed by atoms with Crippen molar-refractivity contribution in [2.75, 3.05) is 0 Å². The maximum atomic E-state index is 10.1. The zero-order chi connectivity index (χ0) is 27.9. The minimum absolute atomic E-state index is 0.365. The maximum Gasteiger partial charge on any atom is 0.119 e. The van der Waals surface area contributed by atoms with Crippen molar-refractivity contribution in [1.82, 2.24) is 0 Å². The van der Waals surface area contributed by atoms with E-state index in [4.69, 9.17) is 0 Å². The highest BCUT2D eigenvalue weighted by molar-refractivity contribution is 5.43. The lowest BCUT2D eigenvalue weighted by Crippen LogP contribution is -1.92. The van der Waals surface area contributed by atoms with E-state index in [2.05, 4.69) is 34.5 Å². The first-order valence-electron chi connectivity index (χ1n) is 13.6. The Bertz CT molecular complexity index is 1180. The molecule has 4 nitrogen and oxygen atoms in total. The average Bonchev–Trinajstić information content (AvgIpc) is 2.94. The van der Waals surface area contributed by atoms with Crippen LogP contribution in [0.1, 0.15) is 61.1 Å². The van der Waals surface area contributed by atoms with Crippen molar-refractivity contribution >= 4 is 11.4 Å². The van der Waals surface area contributed by atoms with Crippen LogP contribution in [0.2, 0.25) is 0 Å². The van der Waals surface area contributed by atoms with Crippen LogP contribution in [0.25, 0.3) is 0 Å². The fourth-order valence-electron chi connectivity index (χ4n) is 3.90. The van der Waals surface area contributed by atoms with Crippen molar-refractivity contribution in [1.29, 1.82) is 0 Å². The van der Waals surface area contributed by atoms with Gasteiger partial charge >= 0.3 is 0 Å². The summed E-state index contributed by atoms with van der Waals surface area (Å²) in [5.74, 6) is 0.731. The van der Waals surface area contributed by atoms with Gasteiger partial charge in [-0.3, -0.25) is 0 Å². The molecule has 38 heavy (non-hydrogen) atoms. The third-order valence-corrected chi connectivity index (χ3v) is 6.00. The van der Waals surface area contributed by atoms with Crippen molar-refractivity contribution in [3.05, 3.63) is 118 Å². The summed E-state index contributed by atoms with van der Waals surface area (Å²) in [5.41, 5.74) is 8.07. The van der Waals surface area contributed by atoms with E-state index in [-0.39, 0.29) is 0 Å². The quantitative estimate of drug-likeness (QED) is 0.232. The molecule has 0 aliphatic carbocycles. The van der Waals surface area contributed by atoms with Crippen LogP contribution < -0.4 is 0 Å². The monoisotopic (exact) mass is 510 g/mol. The van der Waals surface area contributed by atoms with Crippen LogP contribution in [0.3, 0.4) is 0 Å². The van der Waals surface area contributed by atoms with E-state index >= 15 is 0 Å². The largest absolute Gasteiger partial charge is 0.508 e. The minimum Gasteiger partial charge on any atom is -0.508 e. The van der Waals surface area contributed by atoms with Gasteiger partial charge in [-0.25, -0.2) is 0 Å². The Morgan fingerprint density at radius 1 is 0.474 bits per heavy atom. The number of aryl methyl sites for hydroxylation is 6. The molecule has 2 N–H and O–H groups in total. The number of aromatic hydroxyl groups is 2. The fourth-order valence-corrected chi connectivity index (χ4v) is 3.90. The second kappa shape index (κ2) is 16.0. The van der Waals surface area contributed by atoms with Gasteiger partial charge in [-0.15, -0.1) is 0 Å². The van der Waals surface area contributed by atoms with Gasteiger partial charge in [0.2, 0.25) is 0 Å². The Morgan fingerprint density at radius 2 is 0.816 bits per heavy atom. The first-order chi connectivity index (χ1) is 18.5. The van der Waals surface area contributed by atoms with E-state index in [0.717, 1.165) is 59.3 Å². The molecule has 0 unspecified atom stereocenters. The highest BCUT2D eigenvalue weighted by atomic mass is 16.3. The van der Waals surface area contributed by atoms with E-state index in [1.54, 1.807) is 12.1 Å². The highest BCUT2D eigenvalue weighted by Crippen LogP contribution is 2.24. The SMILES string of the molecule is CC.CC.Cc1ccc(CCc2ccc(N=Nc3ccc(CCc4ccc(C)cc4O)cc3)cc2)c(O)c1. The smallest absolute Gasteiger partial charge is 0.119 e. The summed E-state index contributed by atoms with van der Waals surface area (Å²) in [6.45, 7) is 12.0. The molecule has 0 atom stereocenters. The number of phenolic OH excluding ortho intramolecular Hbond substituents is 2. The molecule has 4 rings (SSSR count). The van der Waals surface area contributed by atoms with Gasteiger partial charge in [0, 0.05) is 0 Å². The van der Waals surface area contributed by atoms with Crippen molar-refractivity contribution in [2.45, 2.75) is 67.2 Å². The van der Waals surface area contributed by atoms with E-state index < -0.39 is 0 Å². The highest BCUT2D eigenvalue weighted by Gasteiger charge is 2.04. The average molecular weight is 511 g/mol. The zero-order valence-electron chi connectivity index (χ0n) is 23.7. The Hall–Kier alpha value is -3.92. The molecule has 4 heteroatoms. The third kappa shape index (κ3) is 9.51. The maximum absolute atomic E-state index is 10.1. The molecule has 4 aromatic rings.